The Bertz CT molecular complexity index is 317. The molecule has 13 heavy (non-hydrogen) atoms. The van der Waals surface area contributed by atoms with Crippen LogP contribution in [0.1, 0.15) is 31.1 Å². The molecule has 0 atom stereocenters. The average molecular weight is 181 g/mol. The Labute approximate surface area is 77.7 Å². The molecule has 0 fully saturated rings. The van der Waals surface area contributed by atoms with Crippen molar-refractivity contribution in [3.63, 3.8) is 0 Å². The number of nitrogens with two attached hydrogens (primary N) is 1. The monoisotopic (exact) mass is 181 g/mol. The van der Waals surface area contributed by atoms with Crippen molar-refractivity contribution in [1.29, 1.82) is 0 Å². The fourth-order valence-electron chi connectivity index (χ4n) is 1.63. The Morgan fingerprint density at radius 1 is 1.54 bits per heavy atom. The molecule has 0 spiro atoms. The van der Waals surface area contributed by atoms with Gasteiger partial charge in [-0.1, -0.05) is 0 Å². The van der Waals surface area contributed by atoms with Gasteiger partial charge < -0.3 is 10.5 Å². The van der Waals surface area contributed by atoms with Gasteiger partial charge in [-0.3, -0.25) is 0 Å². The van der Waals surface area contributed by atoms with Crippen molar-refractivity contribution in [3.8, 4) is 0 Å². The quantitative estimate of drug-likeness (QED) is 0.706. The van der Waals surface area contributed by atoms with Crippen molar-refractivity contribution >= 4 is 5.82 Å². The second kappa shape index (κ2) is 3.03. The lowest BCUT2D eigenvalue weighted by molar-refractivity contribution is 0.110. The van der Waals surface area contributed by atoms with Crippen LogP contribution in [0.15, 0.2) is 0 Å². The SMILES string of the molecule is CC(C)n1nc2c(c1N)COCC2. The van der Waals surface area contributed by atoms with Gasteiger partial charge in [-0.25, -0.2) is 4.68 Å². The molecule has 2 heterocycles. The van der Waals surface area contributed by atoms with Gasteiger partial charge in [0.25, 0.3) is 0 Å². The molecule has 0 bridgehead atoms. The molecule has 72 valence electrons. The lowest BCUT2D eigenvalue weighted by atomic mass is 10.1. The first-order chi connectivity index (χ1) is 6.20. The molecule has 1 aliphatic rings. The van der Waals surface area contributed by atoms with Gasteiger partial charge in [0.05, 0.1) is 18.9 Å². The highest BCUT2D eigenvalue weighted by Crippen LogP contribution is 2.24. The predicted octanol–water partition coefficient (Wildman–Crippen LogP) is 1.12. The van der Waals surface area contributed by atoms with Gasteiger partial charge in [0.15, 0.2) is 0 Å². The summed E-state index contributed by atoms with van der Waals surface area (Å²) in [5.41, 5.74) is 8.14. The summed E-state index contributed by atoms with van der Waals surface area (Å²) >= 11 is 0. The van der Waals surface area contributed by atoms with Crippen LogP contribution in [-0.4, -0.2) is 16.4 Å². The zero-order valence-corrected chi connectivity index (χ0v) is 8.08. The van der Waals surface area contributed by atoms with Gasteiger partial charge in [-0.05, 0) is 13.8 Å². The van der Waals surface area contributed by atoms with Gasteiger partial charge in [0.1, 0.15) is 5.82 Å². The topological polar surface area (TPSA) is 53.1 Å². The molecule has 0 unspecified atom stereocenters. The standard InChI is InChI=1S/C9H15N3O/c1-6(2)12-9(10)7-5-13-4-3-8(7)11-12/h6H,3-5,10H2,1-2H3. The van der Waals surface area contributed by atoms with E-state index in [0.29, 0.717) is 12.6 Å². The van der Waals surface area contributed by atoms with E-state index in [1.165, 1.54) is 0 Å². The maximum atomic E-state index is 5.95. The van der Waals surface area contributed by atoms with Crippen LogP contribution in [0.3, 0.4) is 0 Å². The van der Waals surface area contributed by atoms with Crippen LogP contribution < -0.4 is 5.73 Å². The summed E-state index contributed by atoms with van der Waals surface area (Å²) in [6, 6.07) is 0.325. The molecular formula is C9H15N3O. The van der Waals surface area contributed by atoms with Crippen molar-refractivity contribution in [2.24, 2.45) is 0 Å². The summed E-state index contributed by atoms with van der Waals surface area (Å²) < 4.78 is 7.21. The maximum absolute atomic E-state index is 5.95. The van der Waals surface area contributed by atoms with E-state index in [1.54, 1.807) is 0 Å². The number of rotatable bonds is 1. The number of anilines is 1. The van der Waals surface area contributed by atoms with E-state index in [4.69, 9.17) is 10.5 Å². The second-order valence-electron chi connectivity index (χ2n) is 3.65. The summed E-state index contributed by atoms with van der Waals surface area (Å²) in [4.78, 5) is 0. The molecule has 0 saturated heterocycles. The van der Waals surface area contributed by atoms with Crippen LogP contribution in [0.5, 0.6) is 0 Å². The van der Waals surface area contributed by atoms with Crippen molar-refractivity contribution in [2.75, 3.05) is 12.3 Å². The van der Waals surface area contributed by atoms with E-state index in [0.717, 1.165) is 30.1 Å². The van der Waals surface area contributed by atoms with Crippen LogP contribution in [-0.2, 0) is 17.8 Å². The molecule has 0 saturated carbocycles. The molecule has 2 N–H and O–H groups in total. The molecule has 0 radical (unpaired) electrons. The highest BCUT2D eigenvalue weighted by molar-refractivity contribution is 5.44. The fourth-order valence-corrected chi connectivity index (χ4v) is 1.63. The van der Waals surface area contributed by atoms with Gasteiger partial charge in [-0.15, -0.1) is 0 Å². The molecule has 4 nitrogen and oxygen atoms in total. The van der Waals surface area contributed by atoms with Crippen molar-refractivity contribution < 1.29 is 4.74 Å². The summed E-state index contributed by atoms with van der Waals surface area (Å²) in [7, 11) is 0. The third-order valence-corrected chi connectivity index (χ3v) is 2.35. The minimum atomic E-state index is 0.325. The average Bonchev–Trinajstić information content (AvgIpc) is 2.45. The zero-order chi connectivity index (χ0) is 9.42. The second-order valence-corrected chi connectivity index (χ2v) is 3.65. The van der Waals surface area contributed by atoms with Crippen LogP contribution in [0.4, 0.5) is 5.82 Å². The van der Waals surface area contributed by atoms with Crippen molar-refractivity contribution in [1.82, 2.24) is 9.78 Å². The number of nitrogens with zero attached hydrogens (tertiary/aromatic N) is 2. The van der Waals surface area contributed by atoms with E-state index in [9.17, 15) is 0 Å². The Morgan fingerprint density at radius 2 is 2.31 bits per heavy atom. The smallest absolute Gasteiger partial charge is 0.127 e. The first kappa shape index (κ1) is 8.56. The van der Waals surface area contributed by atoms with E-state index in [-0.39, 0.29) is 0 Å². The number of fused-ring (bicyclic) bond motifs is 1. The van der Waals surface area contributed by atoms with Crippen LogP contribution in [0, 0.1) is 0 Å². The maximum Gasteiger partial charge on any atom is 0.127 e. The van der Waals surface area contributed by atoms with E-state index in [1.807, 2.05) is 4.68 Å². The molecule has 1 aliphatic heterocycles. The molecule has 0 amide bonds. The lowest BCUT2D eigenvalue weighted by Crippen LogP contribution is -2.09. The van der Waals surface area contributed by atoms with Gasteiger partial charge >= 0.3 is 0 Å². The van der Waals surface area contributed by atoms with Gasteiger partial charge in [0.2, 0.25) is 0 Å². The third kappa shape index (κ3) is 1.31. The highest BCUT2D eigenvalue weighted by atomic mass is 16.5. The first-order valence-electron chi connectivity index (χ1n) is 4.63. The summed E-state index contributed by atoms with van der Waals surface area (Å²) in [6.07, 6.45) is 0.888. The molecule has 1 aromatic heterocycles. The molecular weight excluding hydrogens is 166 g/mol. The summed E-state index contributed by atoms with van der Waals surface area (Å²) in [5.74, 6) is 0.768. The number of hydrogen-bond acceptors (Lipinski definition) is 3. The van der Waals surface area contributed by atoms with E-state index in [2.05, 4.69) is 18.9 Å². The minimum Gasteiger partial charge on any atom is -0.384 e. The predicted molar refractivity (Wildman–Crippen MR) is 50.4 cm³/mol. The van der Waals surface area contributed by atoms with Crippen molar-refractivity contribution in [2.45, 2.75) is 32.9 Å². The number of hydrogen-bond donors (Lipinski definition) is 1. The van der Waals surface area contributed by atoms with Crippen LogP contribution >= 0.6 is 0 Å². The first-order valence-corrected chi connectivity index (χ1v) is 4.63. The molecule has 2 rings (SSSR count). The Morgan fingerprint density at radius 3 is 2.92 bits per heavy atom. The largest absolute Gasteiger partial charge is 0.384 e. The van der Waals surface area contributed by atoms with E-state index < -0.39 is 0 Å². The van der Waals surface area contributed by atoms with Crippen molar-refractivity contribution in [3.05, 3.63) is 11.3 Å². The fraction of sp³-hybridized carbons (Fsp3) is 0.667. The molecule has 1 aromatic rings. The Hall–Kier alpha value is -1.03. The van der Waals surface area contributed by atoms with Crippen LogP contribution in [0.2, 0.25) is 0 Å². The Balaban J connectivity index is 2.44. The molecule has 0 aromatic carbocycles. The number of nitrogen functional groups attached to an aromatic ring is 1. The lowest BCUT2D eigenvalue weighted by Gasteiger charge is -2.10. The van der Waals surface area contributed by atoms with Crippen LogP contribution in [0.25, 0.3) is 0 Å². The molecule has 0 aliphatic carbocycles. The van der Waals surface area contributed by atoms with E-state index >= 15 is 0 Å². The number of ether oxygens (including phenoxy) is 1. The summed E-state index contributed by atoms with van der Waals surface area (Å²) in [5, 5.41) is 4.46. The highest BCUT2D eigenvalue weighted by Gasteiger charge is 2.19. The third-order valence-electron chi connectivity index (χ3n) is 2.35. The minimum absolute atomic E-state index is 0.325. The normalized spacial score (nSPS) is 16.2. The summed E-state index contributed by atoms with van der Waals surface area (Å²) in [6.45, 7) is 5.54. The van der Waals surface area contributed by atoms with Gasteiger partial charge in [-0.2, -0.15) is 5.10 Å². The molecule has 4 heteroatoms. The van der Waals surface area contributed by atoms with Gasteiger partial charge in [0, 0.05) is 18.0 Å². The number of aromatic nitrogens is 2. The zero-order valence-electron chi connectivity index (χ0n) is 8.08. The Kier molecular flexibility index (Phi) is 2.00.